The predicted octanol–water partition coefficient (Wildman–Crippen LogP) is 1.91. The number of imidazole rings is 1. The van der Waals surface area contributed by atoms with Crippen LogP contribution in [-0.4, -0.2) is 96.3 Å². The molecule has 2 fully saturated rings. The van der Waals surface area contributed by atoms with E-state index < -0.39 is 0 Å². The minimum Gasteiger partial charge on any atom is -0.483 e. The first-order valence-electron chi connectivity index (χ1n) is 11.1. The molecule has 2 aliphatic rings. The molecule has 2 aliphatic heterocycles. The Labute approximate surface area is 192 Å². The van der Waals surface area contributed by atoms with Gasteiger partial charge in [0.2, 0.25) is 5.91 Å². The van der Waals surface area contributed by atoms with Crippen LogP contribution in [0.3, 0.4) is 0 Å². The third kappa shape index (κ3) is 5.68. The Morgan fingerprint density at radius 1 is 1.03 bits per heavy atom. The van der Waals surface area contributed by atoms with E-state index in [1.807, 2.05) is 29.2 Å². The van der Waals surface area contributed by atoms with Crippen LogP contribution in [0.2, 0.25) is 0 Å². The number of nitrogens with one attached hydrogen (secondary N) is 1. The Balaban J connectivity index is 0.000000821. The van der Waals surface area contributed by atoms with Crippen LogP contribution in [-0.2, 0) is 14.3 Å². The van der Waals surface area contributed by atoms with Gasteiger partial charge < -0.3 is 24.6 Å². The quantitative estimate of drug-likeness (QED) is 0.584. The second kappa shape index (κ2) is 10.9. The largest absolute Gasteiger partial charge is 0.483 e. The first-order valence-corrected chi connectivity index (χ1v) is 11.1. The lowest BCUT2D eigenvalue weighted by Gasteiger charge is -2.37. The Morgan fingerprint density at radius 2 is 1.76 bits per heavy atom. The summed E-state index contributed by atoms with van der Waals surface area (Å²) in [5, 5.41) is 6.89. The number of carbonyl (C=O) groups is 2. The van der Waals surface area contributed by atoms with Crippen molar-refractivity contribution in [1.29, 1.82) is 0 Å². The van der Waals surface area contributed by atoms with Crippen molar-refractivity contribution >= 4 is 29.1 Å². The van der Waals surface area contributed by atoms with Crippen LogP contribution < -0.4 is 4.90 Å². The zero-order valence-corrected chi connectivity index (χ0v) is 18.5. The summed E-state index contributed by atoms with van der Waals surface area (Å²) in [5.74, 6) is 1.12. The van der Waals surface area contributed by atoms with Crippen molar-refractivity contribution in [2.24, 2.45) is 0 Å². The normalized spacial score (nSPS) is 16.8. The average Bonchev–Trinajstić information content (AvgIpc) is 3.30. The summed E-state index contributed by atoms with van der Waals surface area (Å²) in [6.07, 6.45) is 0. The molecular weight excluding hydrogens is 422 g/mol. The molecule has 3 aromatic rings. The third-order valence-corrected chi connectivity index (χ3v) is 5.97. The predicted molar refractivity (Wildman–Crippen MR) is 126 cm³/mol. The van der Waals surface area contributed by atoms with Crippen LogP contribution in [0, 0.1) is 0 Å². The SMILES string of the molecule is O=C(CN1CCOCC1)N1CCN(c2cccc(-c3nc4ccccc4[nH]3)c2)CC1.O=CO. The highest BCUT2D eigenvalue weighted by atomic mass is 16.5. The molecule has 1 amide bonds. The van der Waals surface area contributed by atoms with Gasteiger partial charge >= 0.3 is 0 Å². The second-order valence-corrected chi connectivity index (χ2v) is 8.01. The molecule has 3 heterocycles. The molecule has 0 atom stereocenters. The molecule has 33 heavy (non-hydrogen) atoms. The number of aromatic amines is 1. The molecule has 1 aromatic heterocycles. The van der Waals surface area contributed by atoms with E-state index in [0.717, 1.165) is 74.9 Å². The maximum Gasteiger partial charge on any atom is 0.290 e. The van der Waals surface area contributed by atoms with Gasteiger partial charge in [-0.2, -0.15) is 0 Å². The van der Waals surface area contributed by atoms with E-state index in [4.69, 9.17) is 19.6 Å². The molecular formula is C24H29N5O4. The number of morpholine rings is 1. The lowest BCUT2D eigenvalue weighted by molar-refractivity contribution is -0.133. The van der Waals surface area contributed by atoms with Gasteiger partial charge in [0.25, 0.3) is 6.47 Å². The number of carboxylic acid groups (broad SMARTS) is 1. The fraction of sp³-hybridized carbons (Fsp3) is 0.375. The van der Waals surface area contributed by atoms with E-state index in [9.17, 15) is 4.79 Å². The van der Waals surface area contributed by atoms with Gasteiger partial charge in [0, 0.05) is 50.5 Å². The monoisotopic (exact) mass is 451 g/mol. The molecule has 0 saturated carbocycles. The van der Waals surface area contributed by atoms with Gasteiger partial charge in [0.05, 0.1) is 30.8 Å². The van der Waals surface area contributed by atoms with E-state index in [2.05, 4.69) is 39.0 Å². The molecule has 2 aromatic carbocycles. The number of anilines is 1. The van der Waals surface area contributed by atoms with E-state index >= 15 is 0 Å². The maximum atomic E-state index is 12.6. The summed E-state index contributed by atoms with van der Waals surface area (Å²) in [6, 6.07) is 16.6. The standard InChI is InChI=1S/C23H27N5O2.CH2O2/c29-22(17-26-12-14-30-15-13-26)28-10-8-27(9-11-28)19-5-3-4-18(16-19)23-24-20-6-1-2-7-21(20)25-23;2-1-3/h1-7,16H,8-15,17H2,(H,24,25);1H,(H,2,3). The number of carbonyl (C=O) groups excluding carboxylic acids is 1. The van der Waals surface area contributed by atoms with Gasteiger partial charge in [-0.1, -0.05) is 24.3 Å². The van der Waals surface area contributed by atoms with Crippen molar-refractivity contribution in [3.63, 3.8) is 0 Å². The third-order valence-electron chi connectivity index (χ3n) is 5.97. The fourth-order valence-corrected chi connectivity index (χ4v) is 4.20. The fourth-order valence-electron chi connectivity index (χ4n) is 4.20. The molecule has 9 nitrogen and oxygen atoms in total. The van der Waals surface area contributed by atoms with Crippen molar-refractivity contribution in [3.05, 3.63) is 48.5 Å². The Morgan fingerprint density at radius 3 is 2.48 bits per heavy atom. The van der Waals surface area contributed by atoms with Crippen LogP contribution in [0.4, 0.5) is 5.69 Å². The van der Waals surface area contributed by atoms with Gasteiger partial charge in [0.1, 0.15) is 5.82 Å². The molecule has 0 unspecified atom stereocenters. The minimum absolute atomic E-state index is 0.229. The van der Waals surface area contributed by atoms with E-state index in [0.29, 0.717) is 6.54 Å². The number of ether oxygens (including phenoxy) is 1. The molecule has 9 heteroatoms. The van der Waals surface area contributed by atoms with Crippen LogP contribution in [0.25, 0.3) is 22.4 Å². The highest BCUT2D eigenvalue weighted by Gasteiger charge is 2.24. The van der Waals surface area contributed by atoms with Crippen LogP contribution >= 0.6 is 0 Å². The first kappa shape index (κ1) is 22.8. The maximum absolute atomic E-state index is 12.6. The zero-order valence-electron chi connectivity index (χ0n) is 18.5. The topological polar surface area (TPSA) is 102 Å². The molecule has 2 saturated heterocycles. The van der Waals surface area contributed by atoms with E-state index in [1.54, 1.807) is 0 Å². The highest BCUT2D eigenvalue weighted by Crippen LogP contribution is 2.25. The number of aromatic nitrogens is 2. The molecule has 2 N–H and O–H groups in total. The number of fused-ring (bicyclic) bond motifs is 1. The number of benzene rings is 2. The molecule has 0 spiro atoms. The van der Waals surface area contributed by atoms with Crippen molar-refractivity contribution in [2.75, 3.05) is 63.9 Å². The highest BCUT2D eigenvalue weighted by molar-refractivity contribution is 5.80. The number of hydrogen-bond donors (Lipinski definition) is 2. The number of rotatable bonds is 4. The number of para-hydroxylation sites is 2. The van der Waals surface area contributed by atoms with Crippen molar-refractivity contribution < 1.29 is 19.4 Å². The van der Waals surface area contributed by atoms with E-state index in [-0.39, 0.29) is 12.4 Å². The summed E-state index contributed by atoms with van der Waals surface area (Å²) in [6.45, 7) is 6.61. The zero-order chi connectivity index (χ0) is 23.0. The minimum atomic E-state index is -0.250. The molecule has 0 radical (unpaired) electrons. The summed E-state index contributed by atoms with van der Waals surface area (Å²) in [5.41, 5.74) is 4.28. The number of H-pyrrole nitrogens is 1. The molecule has 174 valence electrons. The van der Waals surface area contributed by atoms with Crippen LogP contribution in [0.15, 0.2) is 48.5 Å². The van der Waals surface area contributed by atoms with Crippen molar-refractivity contribution in [3.8, 4) is 11.4 Å². The lowest BCUT2D eigenvalue weighted by Crippen LogP contribution is -2.52. The lowest BCUT2D eigenvalue weighted by atomic mass is 10.1. The average molecular weight is 452 g/mol. The van der Waals surface area contributed by atoms with Crippen LogP contribution in [0.1, 0.15) is 0 Å². The van der Waals surface area contributed by atoms with Crippen LogP contribution in [0.5, 0.6) is 0 Å². The molecule has 5 rings (SSSR count). The number of amides is 1. The van der Waals surface area contributed by atoms with Gasteiger partial charge in [-0.15, -0.1) is 0 Å². The van der Waals surface area contributed by atoms with Gasteiger partial charge in [-0.05, 0) is 24.3 Å². The second-order valence-electron chi connectivity index (χ2n) is 8.01. The summed E-state index contributed by atoms with van der Waals surface area (Å²) < 4.78 is 5.37. The Hall–Kier alpha value is -3.43. The number of nitrogens with zero attached hydrogens (tertiary/aromatic N) is 4. The first-order chi connectivity index (χ1) is 16.2. The van der Waals surface area contributed by atoms with E-state index in [1.165, 1.54) is 5.69 Å². The molecule has 0 aliphatic carbocycles. The smallest absolute Gasteiger partial charge is 0.290 e. The van der Waals surface area contributed by atoms with Gasteiger partial charge in [0.15, 0.2) is 0 Å². The molecule has 0 bridgehead atoms. The Bertz CT molecular complexity index is 1040. The summed E-state index contributed by atoms with van der Waals surface area (Å²) >= 11 is 0. The van der Waals surface area contributed by atoms with Gasteiger partial charge in [-0.25, -0.2) is 4.98 Å². The Kier molecular flexibility index (Phi) is 7.54. The van der Waals surface area contributed by atoms with Crippen molar-refractivity contribution in [1.82, 2.24) is 19.8 Å². The number of piperazine rings is 1. The summed E-state index contributed by atoms with van der Waals surface area (Å²) in [4.78, 5) is 35.7. The van der Waals surface area contributed by atoms with Gasteiger partial charge in [-0.3, -0.25) is 14.5 Å². The number of hydrogen-bond acceptors (Lipinski definition) is 6. The van der Waals surface area contributed by atoms with Crippen molar-refractivity contribution in [2.45, 2.75) is 0 Å². The summed E-state index contributed by atoms with van der Waals surface area (Å²) in [7, 11) is 0.